The number of H-pyrrole nitrogens is 1. The molecule has 5 N–H and O–H groups in total. The van der Waals surface area contributed by atoms with Gasteiger partial charge in [0.05, 0.1) is 17.3 Å². The predicted octanol–water partition coefficient (Wildman–Crippen LogP) is 1.53. The summed E-state index contributed by atoms with van der Waals surface area (Å²) in [5.74, 6) is 0.669. The van der Waals surface area contributed by atoms with Crippen LogP contribution in [0.4, 0.5) is 5.69 Å². The van der Waals surface area contributed by atoms with E-state index in [4.69, 9.17) is 11.1 Å². The van der Waals surface area contributed by atoms with E-state index < -0.39 is 0 Å². The first-order valence-corrected chi connectivity index (χ1v) is 8.18. The number of carbonyl (C=O) groups excluding carboxylic acids is 1. The number of anilines is 1. The van der Waals surface area contributed by atoms with E-state index in [9.17, 15) is 4.79 Å². The van der Waals surface area contributed by atoms with Crippen LogP contribution in [0, 0.1) is 17.2 Å². The molecule has 2 aromatic rings. The zero-order valence-corrected chi connectivity index (χ0v) is 13.7. The van der Waals surface area contributed by atoms with Gasteiger partial charge in [-0.3, -0.25) is 15.3 Å². The van der Waals surface area contributed by atoms with Gasteiger partial charge in [0.1, 0.15) is 0 Å². The first-order valence-electron chi connectivity index (χ1n) is 8.18. The molecule has 1 amide bonds. The molecule has 8 heteroatoms. The van der Waals surface area contributed by atoms with Crippen LogP contribution in [0.5, 0.6) is 0 Å². The standard InChI is InChI=1S/C16H23N7O/c1-23(16(17)18)9-10-2-4-11(5-3-10)15(24)21-13-6-7-19-14-12(13)8-20-22-14/h6-8,10-11H,2-5,9H2,1H3,(H3,17,18)(H2,19,20,21,22,24). The van der Waals surface area contributed by atoms with Crippen molar-refractivity contribution in [3.8, 4) is 0 Å². The van der Waals surface area contributed by atoms with E-state index in [2.05, 4.69) is 20.5 Å². The van der Waals surface area contributed by atoms with E-state index in [1.54, 1.807) is 23.4 Å². The maximum atomic E-state index is 12.5. The lowest BCUT2D eigenvalue weighted by atomic mass is 9.81. The fourth-order valence-corrected chi connectivity index (χ4v) is 3.29. The Bertz CT molecular complexity index is 733. The zero-order chi connectivity index (χ0) is 17.1. The number of nitrogens with two attached hydrogens (primary N) is 1. The molecule has 3 rings (SSSR count). The Morgan fingerprint density at radius 2 is 2.21 bits per heavy atom. The number of guanidine groups is 1. The molecular weight excluding hydrogens is 306 g/mol. The van der Waals surface area contributed by atoms with Crippen LogP contribution in [0.15, 0.2) is 18.5 Å². The van der Waals surface area contributed by atoms with Crippen molar-refractivity contribution in [2.45, 2.75) is 25.7 Å². The van der Waals surface area contributed by atoms with Crippen molar-refractivity contribution in [2.75, 3.05) is 18.9 Å². The molecule has 1 fully saturated rings. The van der Waals surface area contributed by atoms with Crippen LogP contribution in [0.3, 0.4) is 0 Å². The van der Waals surface area contributed by atoms with Gasteiger partial charge in [0.15, 0.2) is 11.6 Å². The zero-order valence-electron chi connectivity index (χ0n) is 13.7. The van der Waals surface area contributed by atoms with Crippen molar-refractivity contribution < 1.29 is 4.79 Å². The molecule has 8 nitrogen and oxygen atoms in total. The summed E-state index contributed by atoms with van der Waals surface area (Å²) in [6.07, 6.45) is 7.02. The number of aromatic amines is 1. The summed E-state index contributed by atoms with van der Waals surface area (Å²) in [6.45, 7) is 0.781. The van der Waals surface area contributed by atoms with Crippen molar-refractivity contribution in [3.05, 3.63) is 18.5 Å². The molecule has 1 aliphatic rings. The topological polar surface area (TPSA) is 124 Å². The second-order valence-corrected chi connectivity index (χ2v) is 6.46. The van der Waals surface area contributed by atoms with E-state index >= 15 is 0 Å². The third kappa shape index (κ3) is 3.47. The van der Waals surface area contributed by atoms with Gasteiger partial charge < -0.3 is 16.0 Å². The number of rotatable bonds is 4. The number of nitrogens with zero attached hydrogens (tertiary/aromatic N) is 3. The highest BCUT2D eigenvalue weighted by molar-refractivity contribution is 6.00. The number of aromatic nitrogens is 3. The van der Waals surface area contributed by atoms with E-state index in [1.165, 1.54) is 0 Å². The van der Waals surface area contributed by atoms with Gasteiger partial charge in [0.2, 0.25) is 5.91 Å². The molecule has 0 spiro atoms. The molecule has 0 radical (unpaired) electrons. The van der Waals surface area contributed by atoms with Crippen molar-refractivity contribution in [3.63, 3.8) is 0 Å². The number of pyridine rings is 1. The third-order valence-corrected chi connectivity index (χ3v) is 4.77. The van der Waals surface area contributed by atoms with Gasteiger partial charge in [-0.1, -0.05) is 0 Å². The summed E-state index contributed by atoms with van der Waals surface area (Å²) < 4.78 is 0. The lowest BCUT2D eigenvalue weighted by Gasteiger charge is -2.30. The molecule has 0 saturated heterocycles. The molecular formula is C16H23N7O. The van der Waals surface area contributed by atoms with Crippen LogP contribution in [0.1, 0.15) is 25.7 Å². The summed E-state index contributed by atoms with van der Waals surface area (Å²) >= 11 is 0. The smallest absolute Gasteiger partial charge is 0.227 e. The van der Waals surface area contributed by atoms with Gasteiger partial charge in [0, 0.05) is 25.7 Å². The Labute approximate surface area is 140 Å². The van der Waals surface area contributed by atoms with Crippen LogP contribution in [0.2, 0.25) is 0 Å². The van der Waals surface area contributed by atoms with E-state index in [1.807, 2.05) is 7.05 Å². The van der Waals surface area contributed by atoms with Crippen molar-refractivity contribution in [1.82, 2.24) is 20.1 Å². The minimum absolute atomic E-state index is 0.0269. The SMILES string of the molecule is CN(CC1CCC(C(=O)Nc2ccnc3[nH]ncc23)CC1)C(=N)N. The summed E-state index contributed by atoms with van der Waals surface area (Å²) in [5.41, 5.74) is 6.90. The first kappa shape index (κ1) is 16.2. The normalized spacial score (nSPS) is 20.7. The Morgan fingerprint density at radius 1 is 1.46 bits per heavy atom. The maximum Gasteiger partial charge on any atom is 0.227 e. The minimum Gasteiger partial charge on any atom is -0.370 e. The lowest BCUT2D eigenvalue weighted by Crippen LogP contribution is -2.38. The van der Waals surface area contributed by atoms with Crippen molar-refractivity contribution >= 4 is 28.6 Å². The predicted molar refractivity (Wildman–Crippen MR) is 92.5 cm³/mol. The molecule has 1 aliphatic carbocycles. The highest BCUT2D eigenvalue weighted by atomic mass is 16.1. The highest BCUT2D eigenvalue weighted by Gasteiger charge is 2.27. The third-order valence-electron chi connectivity index (χ3n) is 4.77. The second kappa shape index (κ2) is 6.86. The molecule has 2 aromatic heterocycles. The Hall–Kier alpha value is -2.64. The van der Waals surface area contributed by atoms with Gasteiger partial charge in [-0.05, 0) is 37.7 Å². The van der Waals surface area contributed by atoms with Gasteiger partial charge in [-0.2, -0.15) is 5.10 Å². The first-order chi connectivity index (χ1) is 11.5. The summed E-state index contributed by atoms with van der Waals surface area (Å²) in [7, 11) is 1.83. The molecule has 128 valence electrons. The van der Waals surface area contributed by atoms with Crippen LogP contribution in [-0.4, -0.2) is 45.5 Å². The average molecular weight is 329 g/mol. The van der Waals surface area contributed by atoms with Crippen molar-refractivity contribution in [2.24, 2.45) is 17.6 Å². The quantitative estimate of drug-likeness (QED) is 0.500. The molecule has 0 aromatic carbocycles. The molecule has 2 heterocycles. The Balaban J connectivity index is 1.56. The maximum absolute atomic E-state index is 12.5. The Kier molecular flexibility index (Phi) is 4.64. The van der Waals surface area contributed by atoms with E-state index in [0.717, 1.165) is 43.3 Å². The summed E-state index contributed by atoms with van der Waals surface area (Å²) in [6, 6.07) is 1.79. The molecule has 0 atom stereocenters. The van der Waals surface area contributed by atoms with Crippen LogP contribution >= 0.6 is 0 Å². The number of hydrogen-bond acceptors (Lipinski definition) is 4. The molecule has 24 heavy (non-hydrogen) atoms. The van der Waals surface area contributed by atoms with Crippen LogP contribution in [0.25, 0.3) is 11.0 Å². The molecule has 0 bridgehead atoms. The highest BCUT2D eigenvalue weighted by Crippen LogP contribution is 2.30. The van der Waals surface area contributed by atoms with Gasteiger partial charge in [-0.15, -0.1) is 0 Å². The van der Waals surface area contributed by atoms with Gasteiger partial charge >= 0.3 is 0 Å². The fraction of sp³-hybridized carbons (Fsp3) is 0.500. The monoisotopic (exact) mass is 329 g/mol. The van der Waals surface area contributed by atoms with E-state index in [-0.39, 0.29) is 17.8 Å². The number of hydrogen-bond donors (Lipinski definition) is 4. The van der Waals surface area contributed by atoms with Gasteiger partial charge in [0.25, 0.3) is 0 Å². The lowest BCUT2D eigenvalue weighted by molar-refractivity contribution is -0.121. The Morgan fingerprint density at radius 3 is 2.92 bits per heavy atom. The second-order valence-electron chi connectivity index (χ2n) is 6.46. The van der Waals surface area contributed by atoms with Crippen molar-refractivity contribution in [1.29, 1.82) is 5.41 Å². The fourth-order valence-electron chi connectivity index (χ4n) is 3.29. The van der Waals surface area contributed by atoms with Crippen LogP contribution in [-0.2, 0) is 4.79 Å². The molecule has 0 unspecified atom stereocenters. The molecule has 1 saturated carbocycles. The van der Waals surface area contributed by atoms with Crippen LogP contribution < -0.4 is 11.1 Å². The average Bonchev–Trinajstić information content (AvgIpc) is 3.05. The number of carbonyl (C=O) groups is 1. The summed E-state index contributed by atoms with van der Waals surface area (Å²) in [5, 5.41) is 18.0. The number of fused-ring (bicyclic) bond motifs is 1. The molecule has 0 aliphatic heterocycles. The number of amides is 1. The summed E-state index contributed by atoms with van der Waals surface area (Å²) in [4.78, 5) is 18.5. The number of nitrogens with one attached hydrogen (secondary N) is 3. The minimum atomic E-state index is 0.0269. The largest absolute Gasteiger partial charge is 0.370 e. The van der Waals surface area contributed by atoms with Gasteiger partial charge in [-0.25, -0.2) is 4.98 Å². The van der Waals surface area contributed by atoms with E-state index in [0.29, 0.717) is 11.6 Å².